The molecule has 0 saturated heterocycles. The number of likely N-dealkylation sites (N-methyl/N-ethyl adjacent to an activating group) is 1. The van der Waals surface area contributed by atoms with Crippen molar-refractivity contribution in [2.24, 2.45) is 5.92 Å². The summed E-state index contributed by atoms with van der Waals surface area (Å²) in [5.74, 6) is -0.255. The highest BCUT2D eigenvalue weighted by Gasteiger charge is 2.23. The molecule has 0 amide bonds. The molecular weight excluding hydrogens is 204 g/mol. The highest BCUT2D eigenvalue weighted by molar-refractivity contribution is 5.73. The van der Waals surface area contributed by atoms with Crippen LogP contribution in [0.3, 0.4) is 0 Å². The summed E-state index contributed by atoms with van der Waals surface area (Å²) in [5.41, 5.74) is 0. The second-order valence-corrected chi connectivity index (χ2v) is 5.14. The van der Waals surface area contributed by atoms with Crippen LogP contribution in [0.1, 0.15) is 34.6 Å². The first-order valence-electron chi connectivity index (χ1n) is 5.94. The van der Waals surface area contributed by atoms with Crippen LogP contribution in [0.4, 0.5) is 0 Å². The monoisotopic (exact) mass is 230 g/mol. The van der Waals surface area contributed by atoms with Gasteiger partial charge in [-0.2, -0.15) is 0 Å². The van der Waals surface area contributed by atoms with E-state index < -0.39 is 12.0 Å². The minimum atomic E-state index is -0.781. The Hall–Kier alpha value is -0.610. The van der Waals surface area contributed by atoms with Gasteiger partial charge in [-0.15, -0.1) is 0 Å². The van der Waals surface area contributed by atoms with Crippen molar-refractivity contribution in [2.75, 3.05) is 13.6 Å². The molecule has 0 aliphatic rings. The van der Waals surface area contributed by atoms with Crippen LogP contribution in [-0.4, -0.2) is 47.7 Å². The molecule has 0 aliphatic heterocycles. The number of aliphatic carboxylic acids is 1. The normalized spacial score (nSPS) is 15.8. The van der Waals surface area contributed by atoms with Gasteiger partial charge >= 0.3 is 5.97 Å². The summed E-state index contributed by atoms with van der Waals surface area (Å²) in [4.78, 5) is 13.2. The third-order valence-corrected chi connectivity index (χ3v) is 2.96. The van der Waals surface area contributed by atoms with Gasteiger partial charge in [-0.1, -0.05) is 27.7 Å². The van der Waals surface area contributed by atoms with E-state index in [1.165, 1.54) is 0 Å². The Labute approximate surface area is 99.0 Å². The predicted molar refractivity (Wildman–Crippen MR) is 66.6 cm³/mol. The van der Waals surface area contributed by atoms with Gasteiger partial charge in [-0.05, 0) is 19.9 Å². The molecule has 0 spiro atoms. The molecule has 0 aromatic carbocycles. The largest absolute Gasteiger partial charge is 0.480 e. The smallest absolute Gasteiger partial charge is 0.322 e. The second-order valence-electron chi connectivity index (χ2n) is 5.14. The summed E-state index contributed by atoms with van der Waals surface area (Å²) in [6.07, 6.45) is 0. The van der Waals surface area contributed by atoms with Crippen LogP contribution in [0.25, 0.3) is 0 Å². The van der Waals surface area contributed by atoms with Gasteiger partial charge in [0.25, 0.3) is 0 Å². The molecule has 4 heteroatoms. The fourth-order valence-electron chi connectivity index (χ4n) is 1.57. The summed E-state index contributed by atoms with van der Waals surface area (Å²) in [6, 6.07) is 0.0749. The standard InChI is InChI=1S/C12H26N2O2/c1-8(2)10(5)14(6)7-11(12(15)16)13-9(3)4/h8-11,13H,7H2,1-6H3,(H,15,16). The van der Waals surface area contributed by atoms with Crippen molar-refractivity contribution in [1.82, 2.24) is 10.2 Å². The molecule has 0 aromatic heterocycles. The Morgan fingerprint density at radius 3 is 2.06 bits per heavy atom. The first-order chi connectivity index (χ1) is 7.25. The number of hydrogen-bond donors (Lipinski definition) is 2. The molecule has 16 heavy (non-hydrogen) atoms. The third-order valence-electron chi connectivity index (χ3n) is 2.96. The van der Waals surface area contributed by atoms with Gasteiger partial charge in [-0.3, -0.25) is 4.79 Å². The van der Waals surface area contributed by atoms with Crippen LogP contribution in [0, 0.1) is 5.92 Å². The number of carbonyl (C=O) groups is 1. The molecule has 2 atom stereocenters. The first-order valence-corrected chi connectivity index (χ1v) is 5.94. The van der Waals surface area contributed by atoms with Gasteiger partial charge in [0.1, 0.15) is 6.04 Å². The first kappa shape index (κ1) is 15.4. The lowest BCUT2D eigenvalue weighted by molar-refractivity contribution is -0.140. The lowest BCUT2D eigenvalue weighted by atomic mass is 10.0. The zero-order valence-corrected chi connectivity index (χ0v) is 11.3. The Morgan fingerprint density at radius 1 is 1.25 bits per heavy atom. The lowest BCUT2D eigenvalue weighted by Gasteiger charge is -2.30. The molecule has 0 aromatic rings. The zero-order valence-electron chi connectivity index (χ0n) is 11.3. The number of nitrogens with one attached hydrogen (secondary N) is 1. The minimum absolute atomic E-state index is 0.184. The van der Waals surface area contributed by atoms with E-state index in [1.807, 2.05) is 20.9 Å². The van der Waals surface area contributed by atoms with E-state index in [1.54, 1.807) is 0 Å². The maximum absolute atomic E-state index is 11.1. The summed E-state index contributed by atoms with van der Waals surface area (Å²) in [5, 5.41) is 12.2. The van der Waals surface area contributed by atoms with Crippen LogP contribution in [0.15, 0.2) is 0 Å². The van der Waals surface area contributed by atoms with Gasteiger partial charge in [0, 0.05) is 18.6 Å². The number of carboxylic acid groups (broad SMARTS) is 1. The van der Waals surface area contributed by atoms with E-state index in [0.29, 0.717) is 18.5 Å². The average Bonchev–Trinajstić information content (AvgIpc) is 2.14. The van der Waals surface area contributed by atoms with E-state index in [-0.39, 0.29) is 6.04 Å². The Morgan fingerprint density at radius 2 is 1.75 bits per heavy atom. The van der Waals surface area contributed by atoms with Crippen LogP contribution in [-0.2, 0) is 4.79 Å². The summed E-state index contributed by atoms with van der Waals surface area (Å²) in [7, 11) is 1.97. The zero-order chi connectivity index (χ0) is 12.9. The minimum Gasteiger partial charge on any atom is -0.480 e. The predicted octanol–water partition coefficient (Wildman–Crippen LogP) is 1.41. The Bertz CT molecular complexity index is 217. The van der Waals surface area contributed by atoms with E-state index in [9.17, 15) is 4.79 Å². The van der Waals surface area contributed by atoms with E-state index in [2.05, 4.69) is 31.0 Å². The number of nitrogens with zero attached hydrogens (tertiary/aromatic N) is 1. The maximum atomic E-state index is 11.1. The molecule has 2 N–H and O–H groups in total. The van der Waals surface area contributed by atoms with Crippen molar-refractivity contribution in [3.05, 3.63) is 0 Å². The quantitative estimate of drug-likeness (QED) is 0.694. The Kier molecular flexibility index (Phi) is 6.60. The number of hydrogen-bond acceptors (Lipinski definition) is 3. The van der Waals surface area contributed by atoms with Crippen molar-refractivity contribution in [3.8, 4) is 0 Å². The Balaban J connectivity index is 4.34. The molecule has 0 bridgehead atoms. The molecule has 96 valence electrons. The molecule has 0 heterocycles. The van der Waals surface area contributed by atoms with Gasteiger partial charge < -0.3 is 15.3 Å². The van der Waals surface area contributed by atoms with E-state index >= 15 is 0 Å². The van der Waals surface area contributed by atoms with E-state index in [4.69, 9.17) is 5.11 Å². The molecule has 2 unspecified atom stereocenters. The van der Waals surface area contributed by atoms with E-state index in [0.717, 1.165) is 0 Å². The van der Waals surface area contributed by atoms with Crippen LogP contribution < -0.4 is 5.32 Å². The number of carboxylic acids is 1. The van der Waals surface area contributed by atoms with Gasteiger partial charge in [0.05, 0.1) is 0 Å². The van der Waals surface area contributed by atoms with Gasteiger partial charge in [0.2, 0.25) is 0 Å². The summed E-state index contributed by atoms with van der Waals surface area (Å²) < 4.78 is 0. The third kappa shape index (κ3) is 5.47. The fourth-order valence-corrected chi connectivity index (χ4v) is 1.57. The molecule has 0 saturated carbocycles. The summed E-state index contributed by atoms with van der Waals surface area (Å²) in [6.45, 7) is 10.9. The molecule has 4 nitrogen and oxygen atoms in total. The highest BCUT2D eigenvalue weighted by Crippen LogP contribution is 2.08. The van der Waals surface area contributed by atoms with Crippen molar-refractivity contribution in [3.63, 3.8) is 0 Å². The molecule has 0 fully saturated rings. The SMILES string of the molecule is CC(C)NC(CN(C)C(C)C(C)C)C(=O)O. The van der Waals surface area contributed by atoms with Crippen molar-refractivity contribution in [2.45, 2.75) is 52.7 Å². The molecule has 0 radical (unpaired) electrons. The van der Waals surface area contributed by atoms with Gasteiger partial charge in [-0.25, -0.2) is 0 Å². The fraction of sp³-hybridized carbons (Fsp3) is 0.917. The van der Waals surface area contributed by atoms with Gasteiger partial charge in [0.15, 0.2) is 0 Å². The average molecular weight is 230 g/mol. The van der Waals surface area contributed by atoms with Crippen molar-refractivity contribution < 1.29 is 9.90 Å². The molecule has 0 aliphatic carbocycles. The summed E-state index contributed by atoms with van der Waals surface area (Å²) >= 11 is 0. The topological polar surface area (TPSA) is 52.6 Å². The molecular formula is C12H26N2O2. The van der Waals surface area contributed by atoms with Crippen LogP contribution in [0.2, 0.25) is 0 Å². The second kappa shape index (κ2) is 6.86. The van der Waals surface area contributed by atoms with Crippen LogP contribution >= 0.6 is 0 Å². The van der Waals surface area contributed by atoms with Crippen LogP contribution in [0.5, 0.6) is 0 Å². The lowest BCUT2D eigenvalue weighted by Crippen LogP contribution is -2.50. The number of rotatable bonds is 7. The highest BCUT2D eigenvalue weighted by atomic mass is 16.4. The molecule has 0 rings (SSSR count). The maximum Gasteiger partial charge on any atom is 0.322 e. The van der Waals surface area contributed by atoms with Crippen molar-refractivity contribution >= 4 is 5.97 Å². The van der Waals surface area contributed by atoms with Crippen molar-refractivity contribution in [1.29, 1.82) is 0 Å².